The first-order valence-electron chi connectivity index (χ1n) is 9.44. The molecular weight excluding hydrogens is 366 g/mol. The lowest BCUT2D eigenvalue weighted by Crippen LogP contribution is -2.43. The van der Waals surface area contributed by atoms with Crippen LogP contribution in [0.4, 0.5) is 0 Å². The van der Waals surface area contributed by atoms with Crippen molar-refractivity contribution in [2.45, 2.75) is 26.2 Å². The molecule has 1 fully saturated rings. The van der Waals surface area contributed by atoms with Crippen LogP contribution in [0.3, 0.4) is 0 Å². The molecule has 0 saturated carbocycles. The second-order valence-electron chi connectivity index (χ2n) is 6.61. The maximum atomic E-state index is 12.5. The zero-order chi connectivity index (χ0) is 19.5. The average molecular weight is 394 g/mol. The summed E-state index contributed by atoms with van der Waals surface area (Å²) >= 11 is 6.01. The highest BCUT2D eigenvalue weighted by atomic mass is 35.5. The Bertz CT molecular complexity index is 642. The van der Waals surface area contributed by atoms with Gasteiger partial charge in [-0.05, 0) is 37.1 Å². The van der Waals surface area contributed by atoms with Gasteiger partial charge in [-0.3, -0.25) is 9.69 Å². The first-order chi connectivity index (χ1) is 13.1. The van der Waals surface area contributed by atoms with Crippen LogP contribution in [-0.4, -0.2) is 68.3 Å². The van der Waals surface area contributed by atoms with E-state index in [-0.39, 0.29) is 5.91 Å². The summed E-state index contributed by atoms with van der Waals surface area (Å²) in [6.07, 6.45) is 1.41. The van der Waals surface area contributed by atoms with Gasteiger partial charge in [-0.25, -0.2) is 0 Å². The number of amides is 1. The molecule has 0 aromatic heterocycles. The van der Waals surface area contributed by atoms with Crippen molar-refractivity contribution in [1.82, 2.24) is 9.80 Å². The maximum Gasteiger partial charge on any atom is 0.222 e. The first-order valence-corrected chi connectivity index (χ1v) is 9.81. The van der Waals surface area contributed by atoms with Crippen LogP contribution in [0.2, 0.25) is 5.02 Å². The van der Waals surface area contributed by atoms with Gasteiger partial charge in [-0.15, -0.1) is 0 Å². The van der Waals surface area contributed by atoms with E-state index in [9.17, 15) is 4.79 Å². The zero-order valence-corrected chi connectivity index (χ0v) is 16.7. The molecule has 1 aromatic carbocycles. The van der Waals surface area contributed by atoms with Crippen molar-refractivity contribution in [3.05, 3.63) is 28.8 Å². The molecule has 1 heterocycles. The smallest absolute Gasteiger partial charge is 0.222 e. The van der Waals surface area contributed by atoms with Crippen LogP contribution in [0.25, 0.3) is 0 Å². The van der Waals surface area contributed by atoms with E-state index < -0.39 is 0 Å². The van der Waals surface area contributed by atoms with Crippen molar-refractivity contribution >= 4 is 17.5 Å². The predicted molar refractivity (Wildman–Crippen MR) is 105 cm³/mol. The Hall–Kier alpha value is -1.81. The number of carbonyl (C=O) groups excluding carboxylic acids is 1. The van der Waals surface area contributed by atoms with Crippen LogP contribution in [0, 0.1) is 18.3 Å². The standard InChI is InChI=1S/C20H28ClN3O3/c1-17-16-18(5-6-19(17)21)27-13-2-4-20(25)24(8-3-7-22)10-9-23-11-14-26-15-12-23/h5-6,16H,2-4,8-15H2,1H3. The Labute approximate surface area is 166 Å². The number of morpholine rings is 1. The van der Waals surface area contributed by atoms with Gasteiger partial charge in [0, 0.05) is 44.2 Å². The minimum absolute atomic E-state index is 0.0781. The SMILES string of the molecule is Cc1cc(OCCCC(=O)N(CCC#N)CCN2CCOCC2)ccc1Cl. The number of nitrogens with zero attached hydrogens (tertiary/aromatic N) is 3. The summed E-state index contributed by atoms with van der Waals surface area (Å²) in [6, 6.07) is 7.67. The number of rotatable bonds is 10. The topological polar surface area (TPSA) is 65.8 Å². The highest BCUT2D eigenvalue weighted by molar-refractivity contribution is 6.31. The fraction of sp³-hybridized carbons (Fsp3) is 0.600. The minimum atomic E-state index is 0.0781. The van der Waals surface area contributed by atoms with Gasteiger partial charge in [0.2, 0.25) is 5.91 Å². The number of halogens is 1. The van der Waals surface area contributed by atoms with Gasteiger partial charge in [0.25, 0.3) is 0 Å². The molecule has 2 rings (SSSR count). The molecule has 1 aromatic rings. The molecule has 0 spiro atoms. The van der Waals surface area contributed by atoms with E-state index in [0.29, 0.717) is 44.0 Å². The van der Waals surface area contributed by atoms with E-state index in [1.807, 2.05) is 25.1 Å². The van der Waals surface area contributed by atoms with Gasteiger partial charge in [0.1, 0.15) is 5.75 Å². The van der Waals surface area contributed by atoms with Crippen LogP contribution in [0.5, 0.6) is 5.75 Å². The monoisotopic (exact) mass is 393 g/mol. The van der Waals surface area contributed by atoms with Crippen molar-refractivity contribution in [2.24, 2.45) is 0 Å². The van der Waals surface area contributed by atoms with E-state index in [4.69, 9.17) is 26.3 Å². The van der Waals surface area contributed by atoms with Crippen LogP contribution < -0.4 is 4.74 Å². The molecule has 0 aliphatic carbocycles. The molecule has 0 radical (unpaired) electrons. The van der Waals surface area contributed by atoms with Gasteiger partial charge in [0.05, 0.1) is 32.3 Å². The van der Waals surface area contributed by atoms with Crippen molar-refractivity contribution in [3.63, 3.8) is 0 Å². The van der Waals surface area contributed by atoms with E-state index >= 15 is 0 Å². The van der Waals surface area contributed by atoms with E-state index in [0.717, 1.165) is 44.2 Å². The van der Waals surface area contributed by atoms with E-state index in [1.54, 1.807) is 4.90 Å². The zero-order valence-electron chi connectivity index (χ0n) is 16.0. The fourth-order valence-corrected chi connectivity index (χ4v) is 3.03. The summed E-state index contributed by atoms with van der Waals surface area (Å²) in [5, 5.41) is 9.57. The Kier molecular flexibility index (Phi) is 9.40. The number of carbonyl (C=O) groups is 1. The number of hydrogen-bond donors (Lipinski definition) is 0. The third-order valence-electron chi connectivity index (χ3n) is 4.57. The summed E-state index contributed by atoms with van der Waals surface area (Å²) in [4.78, 5) is 16.6. The molecule has 1 amide bonds. The molecule has 7 heteroatoms. The third kappa shape index (κ3) is 7.76. The Morgan fingerprint density at radius 2 is 2.15 bits per heavy atom. The van der Waals surface area contributed by atoms with E-state index in [1.165, 1.54) is 0 Å². The highest BCUT2D eigenvalue weighted by Gasteiger charge is 2.16. The van der Waals surface area contributed by atoms with Gasteiger partial charge >= 0.3 is 0 Å². The highest BCUT2D eigenvalue weighted by Crippen LogP contribution is 2.21. The average Bonchev–Trinajstić information content (AvgIpc) is 2.68. The molecule has 0 N–H and O–H groups in total. The molecular formula is C20H28ClN3O3. The summed E-state index contributed by atoms with van der Waals surface area (Å²) < 4.78 is 11.1. The van der Waals surface area contributed by atoms with Crippen molar-refractivity contribution in [3.8, 4) is 11.8 Å². The van der Waals surface area contributed by atoms with Crippen LogP contribution in [-0.2, 0) is 9.53 Å². The molecule has 1 aliphatic rings. The lowest BCUT2D eigenvalue weighted by molar-refractivity contribution is -0.131. The number of ether oxygens (including phenoxy) is 2. The van der Waals surface area contributed by atoms with Crippen LogP contribution in [0.15, 0.2) is 18.2 Å². The minimum Gasteiger partial charge on any atom is -0.494 e. The maximum absolute atomic E-state index is 12.5. The second-order valence-corrected chi connectivity index (χ2v) is 7.01. The number of benzene rings is 1. The quantitative estimate of drug-likeness (QED) is 0.572. The number of aryl methyl sites for hydroxylation is 1. The van der Waals surface area contributed by atoms with Gasteiger partial charge in [0.15, 0.2) is 0 Å². The molecule has 27 heavy (non-hydrogen) atoms. The normalized spacial score (nSPS) is 14.6. The molecule has 0 bridgehead atoms. The summed E-state index contributed by atoms with van der Waals surface area (Å²) in [6.45, 7) is 7.64. The molecule has 0 atom stereocenters. The summed E-state index contributed by atoms with van der Waals surface area (Å²) in [5.41, 5.74) is 0.969. The lowest BCUT2D eigenvalue weighted by atomic mass is 10.2. The van der Waals surface area contributed by atoms with Crippen molar-refractivity contribution < 1.29 is 14.3 Å². The van der Waals surface area contributed by atoms with Crippen molar-refractivity contribution in [1.29, 1.82) is 5.26 Å². The van der Waals surface area contributed by atoms with Crippen LogP contribution in [0.1, 0.15) is 24.8 Å². The van der Waals surface area contributed by atoms with Gasteiger partial charge in [-0.2, -0.15) is 5.26 Å². The summed E-state index contributed by atoms with van der Waals surface area (Å²) in [7, 11) is 0. The van der Waals surface area contributed by atoms with Gasteiger partial charge in [-0.1, -0.05) is 11.6 Å². The van der Waals surface area contributed by atoms with E-state index in [2.05, 4.69) is 11.0 Å². The molecule has 148 valence electrons. The molecule has 6 nitrogen and oxygen atoms in total. The molecule has 0 unspecified atom stereocenters. The molecule has 1 saturated heterocycles. The molecule has 1 aliphatic heterocycles. The predicted octanol–water partition coefficient (Wildman–Crippen LogP) is 2.88. The number of nitriles is 1. The van der Waals surface area contributed by atoms with Crippen LogP contribution >= 0.6 is 11.6 Å². The van der Waals surface area contributed by atoms with Gasteiger partial charge < -0.3 is 14.4 Å². The summed E-state index contributed by atoms with van der Waals surface area (Å²) in [5.74, 6) is 0.840. The van der Waals surface area contributed by atoms with Crippen molar-refractivity contribution in [2.75, 3.05) is 52.5 Å². The Morgan fingerprint density at radius 1 is 1.37 bits per heavy atom. The third-order valence-corrected chi connectivity index (χ3v) is 4.99. The fourth-order valence-electron chi connectivity index (χ4n) is 2.91. The second kappa shape index (κ2) is 11.8. The largest absolute Gasteiger partial charge is 0.494 e. The Morgan fingerprint density at radius 3 is 2.85 bits per heavy atom. The lowest BCUT2D eigenvalue weighted by Gasteiger charge is -2.30. The Balaban J connectivity index is 1.73. The number of hydrogen-bond acceptors (Lipinski definition) is 5. The first kappa shape index (κ1) is 21.5.